The first kappa shape index (κ1) is 39.0. The molecule has 2 aromatic carbocycles. The van der Waals surface area contributed by atoms with Crippen LogP contribution in [0.25, 0.3) is 10.4 Å². The van der Waals surface area contributed by atoms with Gasteiger partial charge in [0.1, 0.15) is 23.0 Å². The van der Waals surface area contributed by atoms with Crippen molar-refractivity contribution in [3.05, 3.63) is 73.9 Å². The number of nitro groups is 1. The van der Waals surface area contributed by atoms with Crippen molar-refractivity contribution in [2.45, 2.75) is 64.9 Å². The summed E-state index contributed by atoms with van der Waals surface area (Å²) in [5.41, 5.74) is 1.11. The third kappa shape index (κ3) is 11.2. The number of aldehydes is 1. The summed E-state index contributed by atoms with van der Waals surface area (Å²) in [6, 6.07) is 11.2. The van der Waals surface area contributed by atoms with E-state index in [1.807, 2.05) is 19.9 Å². The van der Waals surface area contributed by atoms with Crippen molar-refractivity contribution in [3.63, 3.8) is 0 Å². The highest BCUT2D eigenvalue weighted by molar-refractivity contribution is 7.96. The number of piperidine rings is 1. The Morgan fingerprint density at radius 3 is 2.50 bits per heavy atom. The number of ether oxygens (including phenoxy) is 2. The van der Waals surface area contributed by atoms with Gasteiger partial charge in [-0.05, 0) is 56.9 Å². The molecule has 0 saturated carbocycles. The Kier molecular flexibility index (Phi) is 15.9. The Morgan fingerprint density at radius 2 is 1.89 bits per heavy atom. The molecule has 4 rings (SSSR count). The number of thiophene rings is 1. The van der Waals surface area contributed by atoms with E-state index in [0.717, 1.165) is 49.9 Å². The van der Waals surface area contributed by atoms with Crippen molar-refractivity contribution in [1.29, 1.82) is 0 Å². The molecule has 1 aromatic heterocycles. The van der Waals surface area contributed by atoms with Crippen molar-refractivity contribution in [2.75, 3.05) is 32.1 Å². The normalized spacial score (nSPS) is 13.4. The first-order chi connectivity index (χ1) is 21.9. The molecule has 1 fully saturated rings. The number of carbonyl (C=O) groups excluding carboxylic acids is 2. The summed E-state index contributed by atoms with van der Waals surface area (Å²) in [6.07, 6.45) is 2.11. The molecule has 1 aliphatic heterocycles. The van der Waals surface area contributed by atoms with Crippen molar-refractivity contribution in [3.8, 4) is 16.2 Å². The molecule has 3 aromatic rings. The van der Waals surface area contributed by atoms with Crippen LogP contribution in [-0.2, 0) is 15.3 Å². The third-order valence-electron chi connectivity index (χ3n) is 6.27. The Labute approximate surface area is 282 Å². The molecule has 252 valence electrons. The second kappa shape index (κ2) is 18.8. The summed E-state index contributed by atoms with van der Waals surface area (Å²) in [4.78, 5) is 35.1. The number of aliphatic hydroxyl groups excluding tert-OH is 1. The fraction of sp³-hybridized carbons (Fsp3) is 0.438. The Hall–Kier alpha value is -3.23. The van der Waals surface area contributed by atoms with E-state index in [4.69, 9.17) is 26.2 Å². The minimum absolute atomic E-state index is 0.0343. The van der Waals surface area contributed by atoms with Crippen LogP contribution in [0.1, 0.15) is 62.7 Å². The van der Waals surface area contributed by atoms with Gasteiger partial charge < -0.3 is 19.9 Å². The van der Waals surface area contributed by atoms with Gasteiger partial charge in [-0.3, -0.25) is 19.2 Å². The largest absolute Gasteiger partial charge is 0.483 e. The maximum absolute atomic E-state index is 14.9. The Balaban J connectivity index is 0.00000177. The van der Waals surface area contributed by atoms with Gasteiger partial charge >= 0.3 is 5.97 Å². The summed E-state index contributed by atoms with van der Waals surface area (Å²) in [5, 5.41) is 21.5. The molecule has 0 unspecified atom stereocenters. The lowest BCUT2D eigenvalue weighted by Crippen LogP contribution is -2.35. The van der Waals surface area contributed by atoms with Gasteiger partial charge in [0, 0.05) is 44.1 Å². The number of nitro benzene ring substituents is 1. The fourth-order valence-electron chi connectivity index (χ4n) is 4.34. The number of nitrogens with zero attached hydrogens (tertiary/aromatic N) is 2. The van der Waals surface area contributed by atoms with E-state index in [0.29, 0.717) is 28.2 Å². The van der Waals surface area contributed by atoms with E-state index >= 15 is 0 Å². The van der Waals surface area contributed by atoms with Crippen LogP contribution in [0.15, 0.2) is 42.5 Å². The maximum atomic E-state index is 14.9. The first-order valence-electron chi connectivity index (χ1n) is 14.7. The summed E-state index contributed by atoms with van der Waals surface area (Å²) < 4.78 is 28.1. The van der Waals surface area contributed by atoms with E-state index < -0.39 is 22.3 Å². The quantitative estimate of drug-likeness (QED) is 0.0668. The molecule has 2 N–H and O–H groups in total. The van der Waals surface area contributed by atoms with Gasteiger partial charge in [-0.15, -0.1) is 11.3 Å². The van der Waals surface area contributed by atoms with Gasteiger partial charge in [0.2, 0.25) is 0 Å². The second-order valence-corrected chi connectivity index (χ2v) is 13.1. The van der Waals surface area contributed by atoms with Crippen LogP contribution in [0.5, 0.6) is 5.75 Å². The number of non-ortho nitro benzene ring substituents is 1. The van der Waals surface area contributed by atoms with Crippen LogP contribution in [0.4, 0.5) is 15.8 Å². The minimum atomic E-state index is -0.751. The zero-order chi connectivity index (χ0) is 34.4. The smallest absolute Gasteiger partial charge is 0.352 e. The van der Waals surface area contributed by atoms with Gasteiger partial charge in [-0.25, -0.2) is 9.18 Å². The number of benzene rings is 2. The van der Waals surface area contributed by atoms with Crippen LogP contribution < -0.4 is 10.1 Å². The summed E-state index contributed by atoms with van der Waals surface area (Å²) in [5.74, 6) is -0.357. The number of carbonyl (C=O) groups is 2. The number of nitrogens with one attached hydrogen (secondary N) is 1. The minimum Gasteiger partial charge on any atom is -0.483 e. The number of aliphatic hydroxyl groups is 1. The third-order valence-corrected chi connectivity index (χ3v) is 9.13. The van der Waals surface area contributed by atoms with Gasteiger partial charge in [0.25, 0.3) is 5.69 Å². The molecular weight excluding hydrogens is 657 g/mol. The molecule has 1 aliphatic rings. The molecule has 0 amide bonds. The summed E-state index contributed by atoms with van der Waals surface area (Å²) in [6.45, 7) is 10.5. The highest BCUT2D eigenvalue weighted by Gasteiger charge is 2.29. The van der Waals surface area contributed by atoms with E-state index in [9.17, 15) is 24.1 Å². The standard InChI is InChI=1S/C29H31ClFN3O6S2.C2H6.CH4O/c1-29(2,3)40-28(36)27-25(39-14-13-35)24(30)26(42-27)19-7-8-22(31)23(16-19)32-20-9-11-33(12-10-20)41-17-18-5-4-6-21(15-18)34(37)38;2*1-2/h4-8,13,15-16,20,32H,9-12,14,17H2,1-3H3;1-2H3;2H,1H3. The number of anilines is 1. The topological polar surface area (TPSA) is 131 Å². The zero-order valence-corrected chi connectivity index (χ0v) is 29.2. The molecule has 0 atom stereocenters. The lowest BCUT2D eigenvalue weighted by molar-refractivity contribution is -0.384. The number of rotatable bonds is 11. The van der Waals surface area contributed by atoms with Gasteiger partial charge in [-0.1, -0.05) is 55.6 Å². The fourth-order valence-corrected chi connectivity index (χ4v) is 6.76. The average molecular weight is 698 g/mol. The van der Waals surface area contributed by atoms with Gasteiger partial charge in [0.15, 0.2) is 16.9 Å². The Morgan fingerprint density at radius 1 is 1.22 bits per heavy atom. The predicted octanol–water partition coefficient (Wildman–Crippen LogP) is 8.01. The Bertz CT molecular complexity index is 1460. The second-order valence-electron chi connectivity index (χ2n) is 10.6. The highest BCUT2D eigenvalue weighted by atomic mass is 35.5. The van der Waals surface area contributed by atoms with Gasteiger partial charge in [0.05, 0.1) is 15.5 Å². The van der Waals surface area contributed by atoms with E-state index in [1.54, 1.807) is 57.0 Å². The summed E-state index contributed by atoms with van der Waals surface area (Å²) >= 11 is 9.30. The van der Waals surface area contributed by atoms with Gasteiger partial charge in [-0.2, -0.15) is 0 Å². The molecule has 0 radical (unpaired) electrons. The first-order valence-corrected chi connectivity index (χ1v) is 16.8. The van der Waals surface area contributed by atoms with Crippen molar-refractivity contribution in [1.82, 2.24) is 4.31 Å². The van der Waals surface area contributed by atoms with E-state index in [2.05, 4.69) is 9.62 Å². The molecule has 0 spiro atoms. The summed E-state index contributed by atoms with van der Waals surface area (Å²) in [7, 11) is 1.00. The molecule has 46 heavy (non-hydrogen) atoms. The molecule has 1 saturated heterocycles. The maximum Gasteiger partial charge on any atom is 0.352 e. The number of hydrogen-bond donors (Lipinski definition) is 2. The number of esters is 1. The molecule has 0 aliphatic carbocycles. The number of hydrogen-bond acceptors (Lipinski definition) is 11. The average Bonchev–Trinajstić information content (AvgIpc) is 3.37. The lowest BCUT2D eigenvalue weighted by Gasteiger charge is -2.32. The van der Waals surface area contributed by atoms with E-state index in [1.165, 1.54) is 12.1 Å². The van der Waals surface area contributed by atoms with Crippen molar-refractivity contribution < 1.29 is 33.5 Å². The van der Waals surface area contributed by atoms with E-state index in [-0.39, 0.29) is 34.0 Å². The molecular formula is C32H41ClFN3O7S2. The van der Waals surface area contributed by atoms with Crippen LogP contribution in [0, 0.1) is 15.9 Å². The zero-order valence-electron chi connectivity index (χ0n) is 26.8. The molecule has 10 nitrogen and oxygen atoms in total. The molecule has 0 bridgehead atoms. The monoisotopic (exact) mass is 697 g/mol. The van der Waals surface area contributed by atoms with Crippen molar-refractivity contribution >= 4 is 58.5 Å². The lowest BCUT2D eigenvalue weighted by atomic mass is 10.1. The predicted molar refractivity (Wildman–Crippen MR) is 184 cm³/mol. The van der Waals surface area contributed by atoms with Crippen LogP contribution in [0.3, 0.4) is 0 Å². The molecule has 14 heteroatoms. The van der Waals surface area contributed by atoms with Crippen LogP contribution in [0.2, 0.25) is 5.02 Å². The number of halogens is 2. The molecule has 2 heterocycles. The SMILES string of the molecule is CC.CC(C)(C)OC(=O)c1sc(-c2ccc(F)c(NC3CCN(SCc4cccc([N+](=O)[O-])c4)CC3)c2)c(Cl)c1OCC=O.CO. The van der Waals surface area contributed by atoms with Crippen LogP contribution in [-0.4, -0.2) is 65.0 Å². The van der Waals surface area contributed by atoms with Crippen molar-refractivity contribution in [2.24, 2.45) is 0 Å². The van der Waals surface area contributed by atoms with Crippen LogP contribution >= 0.6 is 34.9 Å². The highest BCUT2D eigenvalue weighted by Crippen LogP contribution is 2.46.